The summed E-state index contributed by atoms with van der Waals surface area (Å²) in [6.45, 7) is 1.42. The molecule has 1 spiro atoms. The summed E-state index contributed by atoms with van der Waals surface area (Å²) < 4.78 is 13.0. The molecule has 0 unspecified atom stereocenters. The van der Waals surface area contributed by atoms with Crippen molar-refractivity contribution in [2.75, 3.05) is 26.8 Å². The average Bonchev–Trinajstić information content (AvgIpc) is 3.38. The number of benzene rings is 1. The number of aliphatic hydroxyl groups excluding tert-OH is 1. The van der Waals surface area contributed by atoms with Crippen molar-refractivity contribution in [2.24, 2.45) is 0 Å². The Balaban J connectivity index is 1.45. The number of nitrogens with zero attached hydrogens (tertiary/aromatic N) is 3. The molecule has 0 aliphatic carbocycles. The highest BCUT2D eigenvalue weighted by atomic mass is 16.5. The number of carbonyl (C=O) groups is 1. The zero-order valence-corrected chi connectivity index (χ0v) is 14.7. The number of β-amino-alcohol motifs (C(OH)–C–C–N with tert-alkyl or cyclic N) is 1. The number of hydrogen-bond donors (Lipinski definition) is 1. The molecular formula is C19H23N3O4. The van der Waals surface area contributed by atoms with Gasteiger partial charge >= 0.3 is 0 Å². The Hall–Kier alpha value is -2.38. The summed E-state index contributed by atoms with van der Waals surface area (Å²) >= 11 is 0. The van der Waals surface area contributed by atoms with Crippen molar-refractivity contribution < 1.29 is 19.4 Å². The van der Waals surface area contributed by atoms with Crippen LogP contribution in [0.3, 0.4) is 0 Å². The van der Waals surface area contributed by atoms with Crippen molar-refractivity contribution in [1.82, 2.24) is 14.7 Å². The van der Waals surface area contributed by atoms with Crippen LogP contribution < -0.4 is 4.74 Å². The number of rotatable bonds is 4. The molecular weight excluding hydrogens is 334 g/mol. The molecule has 26 heavy (non-hydrogen) atoms. The van der Waals surface area contributed by atoms with Crippen molar-refractivity contribution in [3.63, 3.8) is 0 Å². The Morgan fingerprint density at radius 1 is 1.46 bits per heavy atom. The summed E-state index contributed by atoms with van der Waals surface area (Å²) in [5.41, 5.74) is 0.447. The van der Waals surface area contributed by atoms with Gasteiger partial charge < -0.3 is 19.5 Å². The zero-order chi connectivity index (χ0) is 18.1. The van der Waals surface area contributed by atoms with E-state index in [0.29, 0.717) is 26.1 Å². The monoisotopic (exact) mass is 357 g/mol. The van der Waals surface area contributed by atoms with E-state index in [2.05, 4.69) is 11.2 Å². The first kappa shape index (κ1) is 17.1. The summed E-state index contributed by atoms with van der Waals surface area (Å²) in [6, 6.07) is 9.72. The van der Waals surface area contributed by atoms with Gasteiger partial charge in [0.15, 0.2) is 0 Å². The predicted octanol–water partition coefficient (Wildman–Crippen LogP) is 1.04. The number of aliphatic hydroxyl groups is 1. The van der Waals surface area contributed by atoms with Gasteiger partial charge in [0.1, 0.15) is 24.0 Å². The van der Waals surface area contributed by atoms with Crippen LogP contribution in [0.2, 0.25) is 0 Å². The van der Waals surface area contributed by atoms with Crippen LogP contribution in [0.1, 0.15) is 17.9 Å². The first-order chi connectivity index (χ1) is 12.6. The standard InChI is InChI=1S/C19H23N3O4/c1-25-16-5-2-4-14(8-16)15-9-19(26-12-15)13-21(10-17(19)23)18(24)11-22-7-3-6-20-22/h2-8,15,17,23H,9-13H2,1H3/t15-,17+,19+/m0/s1. The number of likely N-dealkylation sites (tertiary alicyclic amines) is 1. The second-order valence-corrected chi connectivity index (χ2v) is 7.05. The molecule has 4 rings (SSSR count). The maximum atomic E-state index is 12.5. The van der Waals surface area contributed by atoms with Crippen molar-refractivity contribution in [3.05, 3.63) is 48.3 Å². The molecule has 0 bridgehead atoms. The van der Waals surface area contributed by atoms with Crippen LogP contribution in [-0.2, 0) is 16.1 Å². The molecule has 2 aromatic rings. The summed E-state index contributed by atoms with van der Waals surface area (Å²) in [5, 5.41) is 14.7. The fourth-order valence-electron chi connectivity index (χ4n) is 3.94. The number of aromatic nitrogens is 2. The quantitative estimate of drug-likeness (QED) is 0.885. The lowest BCUT2D eigenvalue weighted by molar-refractivity contribution is -0.132. The third-order valence-corrected chi connectivity index (χ3v) is 5.40. The van der Waals surface area contributed by atoms with Gasteiger partial charge in [-0.2, -0.15) is 5.10 Å². The van der Waals surface area contributed by atoms with Crippen molar-refractivity contribution >= 4 is 5.91 Å². The second kappa shape index (κ2) is 6.74. The van der Waals surface area contributed by atoms with E-state index >= 15 is 0 Å². The fourth-order valence-corrected chi connectivity index (χ4v) is 3.94. The van der Waals surface area contributed by atoms with Gasteiger partial charge in [-0.1, -0.05) is 12.1 Å². The number of amides is 1. The van der Waals surface area contributed by atoms with Gasteiger partial charge in [-0.15, -0.1) is 0 Å². The third-order valence-electron chi connectivity index (χ3n) is 5.40. The molecule has 1 aromatic carbocycles. The molecule has 0 saturated carbocycles. The Labute approximate surface area is 152 Å². The van der Waals surface area contributed by atoms with E-state index < -0.39 is 11.7 Å². The van der Waals surface area contributed by atoms with E-state index in [9.17, 15) is 9.90 Å². The third kappa shape index (κ3) is 3.08. The first-order valence-electron chi connectivity index (χ1n) is 8.81. The van der Waals surface area contributed by atoms with Crippen molar-refractivity contribution in [1.29, 1.82) is 0 Å². The molecule has 7 nitrogen and oxygen atoms in total. The molecule has 2 fully saturated rings. The molecule has 138 valence electrons. The Kier molecular flexibility index (Phi) is 4.42. The van der Waals surface area contributed by atoms with Gasteiger partial charge in [-0.05, 0) is 30.2 Å². The fraction of sp³-hybridized carbons (Fsp3) is 0.474. The van der Waals surface area contributed by atoms with Crippen LogP contribution in [0, 0.1) is 0 Å². The maximum Gasteiger partial charge on any atom is 0.244 e. The van der Waals surface area contributed by atoms with Crippen molar-refractivity contribution in [3.8, 4) is 5.75 Å². The Bertz CT molecular complexity index is 779. The topological polar surface area (TPSA) is 76.8 Å². The summed E-state index contributed by atoms with van der Waals surface area (Å²) in [6.07, 6.45) is 3.41. The lowest BCUT2D eigenvalue weighted by atomic mass is 9.87. The highest BCUT2D eigenvalue weighted by molar-refractivity contribution is 5.76. The minimum absolute atomic E-state index is 0.0574. The molecule has 2 aliphatic rings. The van der Waals surface area contributed by atoms with Crippen LogP contribution in [0.5, 0.6) is 5.75 Å². The summed E-state index contributed by atoms with van der Waals surface area (Å²) in [4.78, 5) is 14.2. The molecule has 1 amide bonds. The normalized spacial score (nSPS) is 28.0. The summed E-state index contributed by atoms with van der Waals surface area (Å²) in [7, 11) is 1.65. The van der Waals surface area contributed by atoms with Crippen LogP contribution in [0.15, 0.2) is 42.7 Å². The van der Waals surface area contributed by atoms with Gasteiger partial charge in [-0.3, -0.25) is 9.48 Å². The first-order valence-corrected chi connectivity index (χ1v) is 8.81. The van der Waals surface area contributed by atoms with E-state index in [1.807, 2.05) is 18.2 Å². The Morgan fingerprint density at radius 3 is 3.12 bits per heavy atom. The molecule has 2 saturated heterocycles. The van der Waals surface area contributed by atoms with Gasteiger partial charge in [0.2, 0.25) is 5.91 Å². The number of carbonyl (C=O) groups excluding carboxylic acids is 1. The molecule has 1 aromatic heterocycles. The summed E-state index contributed by atoms with van der Waals surface area (Å²) in [5.74, 6) is 0.936. The molecule has 0 radical (unpaired) electrons. The highest BCUT2D eigenvalue weighted by Gasteiger charge is 2.53. The van der Waals surface area contributed by atoms with E-state index in [1.165, 1.54) is 0 Å². The predicted molar refractivity (Wildman–Crippen MR) is 93.8 cm³/mol. The van der Waals surface area contributed by atoms with Gasteiger partial charge in [-0.25, -0.2) is 0 Å². The molecule has 7 heteroatoms. The minimum Gasteiger partial charge on any atom is -0.497 e. The lowest BCUT2D eigenvalue weighted by Gasteiger charge is -2.26. The maximum absolute atomic E-state index is 12.5. The van der Waals surface area contributed by atoms with E-state index in [-0.39, 0.29) is 18.4 Å². The lowest BCUT2D eigenvalue weighted by Crippen LogP contribution is -2.41. The second-order valence-electron chi connectivity index (χ2n) is 7.05. The molecule has 3 atom stereocenters. The number of methoxy groups -OCH3 is 1. The average molecular weight is 357 g/mol. The number of ether oxygens (including phenoxy) is 2. The van der Waals surface area contributed by atoms with Crippen molar-refractivity contribution in [2.45, 2.75) is 30.6 Å². The van der Waals surface area contributed by atoms with Crippen LogP contribution >= 0.6 is 0 Å². The largest absolute Gasteiger partial charge is 0.497 e. The molecule has 1 N–H and O–H groups in total. The molecule has 3 heterocycles. The van der Waals surface area contributed by atoms with Crippen LogP contribution in [0.25, 0.3) is 0 Å². The minimum atomic E-state index is -0.687. The van der Waals surface area contributed by atoms with Gasteiger partial charge in [0.05, 0.1) is 20.3 Å². The van der Waals surface area contributed by atoms with E-state index in [1.54, 1.807) is 35.2 Å². The van der Waals surface area contributed by atoms with Crippen LogP contribution in [-0.4, -0.2) is 64.2 Å². The Morgan fingerprint density at radius 2 is 2.35 bits per heavy atom. The van der Waals surface area contributed by atoms with E-state index in [0.717, 1.165) is 11.3 Å². The number of hydrogen-bond acceptors (Lipinski definition) is 5. The van der Waals surface area contributed by atoms with Crippen LogP contribution in [0.4, 0.5) is 0 Å². The SMILES string of the molecule is COc1cccc([C@@H]2CO[C@]3(C2)CN(C(=O)Cn2cccn2)C[C@H]3O)c1. The van der Waals surface area contributed by atoms with Gasteiger partial charge in [0, 0.05) is 24.9 Å². The smallest absolute Gasteiger partial charge is 0.244 e. The highest BCUT2D eigenvalue weighted by Crippen LogP contribution is 2.42. The van der Waals surface area contributed by atoms with Gasteiger partial charge in [0.25, 0.3) is 0 Å². The van der Waals surface area contributed by atoms with E-state index in [4.69, 9.17) is 9.47 Å². The zero-order valence-electron chi connectivity index (χ0n) is 14.7. The molecule has 2 aliphatic heterocycles.